The third-order valence-electron chi connectivity index (χ3n) is 3.71. The number of aromatic amines is 1. The molecule has 0 bridgehead atoms. The van der Waals surface area contributed by atoms with Crippen molar-refractivity contribution in [3.8, 4) is 0 Å². The summed E-state index contributed by atoms with van der Waals surface area (Å²) in [4.78, 5) is 3.23. The third-order valence-corrected chi connectivity index (χ3v) is 4.32. The minimum atomic E-state index is 0.136. The van der Waals surface area contributed by atoms with Gasteiger partial charge in [0.2, 0.25) is 0 Å². The van der Waals surface area contributed by atoms with Gasteiger partial charge in [0.15, 0.2) is 4.77 Å². The van der Waals surface area contributed by atoms with Crippen LogP contribution in [0.25, 0.3) is 11.0 Å². The predicted octanol–water partition coefficient (Wildman–Crippen LogP) is 5.27. The zero-order valence-electron chi connectivity index (χ0n) is 11.4. The number of benzene rings is 2. The fraction of sp³-hybridized carbons (Fsp3) is 0.188. The molecule has 0 saturated heterocycles. The minimum Gasteiger partial charge on any atom is -0.331 e. The highest BCUT2D eigenvalue weighted by molar-refractivity contribution is 7.71. The molecular weight excluding hydrogens is 288 g/mol. The van der Waals surface area contributed by atoms with Gasteiger partial charge < -0.3 is 9.55 Å². The molecule has 20 heavy (non-hydrogen) atoms. The summed E-state index contributed by atoms with van der Waals surface area (Å²) < 4.78 is 2.79. The van der Waals surface area contributed by atoms with Gasteiger partial charge in [-0.25, -0.2) is 0 Å². The van der Waals surface area contributed by atoms with Crippen molar-refractivity contribution >= 4 is 34.9 Å². The lowest BCUT2D eigenvalue weighted by Gasteiger charge is -2.17. The van der Waals surface area contributed by atoms with Gasteiger partial charge in [0.1, 0.15) is 0 Å². The first-order chi connectivity index (χ1) is 9.59. The van der Waals surface area contributed by atoms with Crippen molar-refractivity contribution in [2.75, 3.05) is 0 Å². The molecule has 1 N–H and O–H groups in total. The maximum Gasteiger partial charge on any atom is 0.178 e. The van der Waals surface area contributed by atoms with Gasteiger partial charge in [-0.2, -0.15) is 0 Å². The smallest absolute Gasteiger partial charge is 0.178 e. The van der Waals surface area contributed by atoms with E-state index in [9.17, 15) is 0 Å². The van der Waals surface area contributed by atoms with E-state index in [4.69, 9.17) is 23.8 Å². The Morgan fingerprint density at radius 2 is 1.90 bits per heavy atom. The maximum absolute atomic E-state index is 6.36. The van der Waals surface area contributed by atoms with Crippen LogP contribution in [0.15, 0.2) is 42.5 Å². The number of para-hydroxylation sites is 1. The fourth-order valence-electron chi connectivity index (χ4n) is 2.70. The van der Waals surface area contributed by atoms with Crippen LogP contribution in [0.4, 0.5) is 0 Å². The highest BCUT2D eigenvalue weighted by Crippen LogP contribution is 2.30. The molecule has 0 amide bonds. The van der Waals surface area contributed by atoms with Crippen LogP contribution in [0.3, 0.4) is 0 Å². The largest absolute Gasteiger partial charge is 0.331 e. The second-order valence-corrected chi connectivity index (χ2v) is 5.76. The molecule has 0 aliphatic carbocycles. The molecule has 3 rings (SSSR count). The van der Waals surface area contributed by atoms with Gasteiger partial charge in [-0.15, -0.1) is 0 Å². The molecule has 2 nitrogen and oxygen atoms in total. The summed E-state index contributed by atoms with van der Waals surface area (Å²) in [6.07, 6.45) is 0. The van der Waals surface area contributed by atoms with E-state index >= 15 is 0 Å². The Balaban J connectivity index is 2.27. The number of hydrogen-bond donors (Lipinski definition) is 1. The van der Waals surface area contributed by atoms with Crippen molar-refractivity contribution in [1.82, 2.24) is 9.55 Å². The van der Waals surface area contributed by atoms with Crippen molar-refractivity contribution in [1.29, 1.82) is 0 Å². The van der Waals surface area contributed by atoms with E-state index in [1.165, 1.54) is 11.1 Å². The predicted molar refractivity (Wildman–Crippen MR) is 87.1 cm³/mol. The summed E-state index contributed by atoms with van der Waals surface area (Å²) in [6, 6.07) is 14.3. The third kappa shape index (κ3) is 2.07. The normalized spacial score (nSPS) is 12.8. The molecule has 2 aromatic carbocycles. The number of rotatable bonds is 2. The van der Waals surface area contributed by atoms with Gasteiger partial charge in [-0.05, 0) is 49.3 Å². The Morgan fingerprint density at radius 3 is 2.65 bits per heavy atom. The summed E-state index contributed by atoms with van der Waals surface area (Å²) in [5, 5.41) is 0.718. The van der Waals surface area contributed by atoms with E-state index < -0.39 is 0 Å². The number of aromatic nitrogens is 2. The van der Waals surface area contributed by atoms with Crippen molar-refractivity contribution < 1.29 is 0 Å². The molecule has 0 fully saturated rings. The molecule has 1 heterocycles. The molecule has 0 radical (unpaired) electrons. The lowest BCUT2D eigenvalue weighted by Crippen LogP contribution is -2.08. The van der Waals surface area contributed by atoms with Crippen molar-refractivity contribution in [2.24, 2.45) is 0 Å². The van der Waals surface area contributed by atoms with Crippen LogP contribution in [-0.2, 0) is 0 Å². The van der Waals surface area contributed by atoms with E-state index in [-0.39, 0.29) is 6.04 Å². The highest BCUT2D eigenvalue weighted by atomic mass is 35.5. The Bertz CT molecular complexity index is 832. The number of halogens is 1. The Morgan fingerprint density at radius 1 is 1.15 bits per heavy atom. The molecule has 3 aromatic rings. The van der Waals surface area contributed by atoms with Gasteiger partial charge >= 0.3 is 0 Å². The van der Waals surface area contributed by atoms with Crippen LogP contribution in [0.1, 0.15) is 24.1 Å². The number of H-pyrrole nitrogens is 1. The summed E-state index contributed by atoms with van der Waals surface area (Å²) >= 11 is 11.8. The minimum absolute atomic E-state index is 0.136. The van der Waals surface area contributed by atoms with Crippen LogP contribution in [-0.4, -0.2) is 9.55 Å². The summed E-state index contributed by atoms with van der Waals surface area (Å²) in [5.74, 6) is 0. The molecule has 1 aromatic heterocycles. The highest BCUT2D eigenvalue weighted by Gasteiger charge is 2.16. The Labute approximate surface area is 128 Å². The zero-order valence-corrected chi connectivity index (χ0v) is 12.9. The van der Waals surface area contributed by atoms with E-state index in [2.05, 4.69) is 41.6 Å². The monoisotopic (exact) mass is 302 g/mol. The summed E-state index contributed by atoms with van der Waals surface area (Å²) in [6.45, 7) is 4.26. The van der Waals surface area contributed by atoms with Gasteiger partial charge in [0.05, 0.1) is 22.1 Å². The van der Waals surface area contributed by atoms with E-state index in [1.54, 1.807) is 0 Å². The summed E-state index contributed by atoms with van der Waals surface area (Å²) in [7, 11) is 0. The lowest BCUT2D eigenvalue weighted by molar-refractivity contribution is 0.645. The van der Waals surface area contributed by atoms with Gasteiger partial charge in [-0.3, -0.25) is 0 Å². The van der Waals surface area contributed by atoms with Crippen LogP contribution in [0.2, 0.25) is 5.02 Å². The van der Waals surface area contributed by atoms with Crippen molar-refractivity contribution in [3.63, 3.8) is 0 Å². The first-order valence-electron chi connectivity index (χ1n) is 6.54. The molecule has 1 unspecified atom stereocenters. The van der Waals surface area contributed by atoms with Gasteiger partial charge in [0.25, 0.3) is 0 Å². The number of nitrogens with one attached hydrogen (secondary N) is 1. The van der Waals surface area contributed by atoms with Crippen molar-refractivity contribution in [2.45, 2.75) is 19.9 Å². The molecule has 102 valence electrons. The van der Waals surface area contributed by atoms with Crippen LogP contribution >= 0.6 is 23.8 Å². The number of hydrogen-bond acceptors (Lipinski definition) is 1. The maximum atomic E-state index is 6.36. The zero-order chi connectivity index (χ0) is 14.3. The number of imidazole rings is 1. The molecule has 0 aliphatic rings. The average molecular weight is 303 g/mol. The van der Waals surface area contributed by atoms with E-state index in [0.29, 0.717) is 4.77 Å². The number of aryl methyl sites for hydroxylation is 1. The SMILES string of the molecule is Cc1ccccc1C(C)n1c(=S)[nH]c2cccc(Cl)c21. The Kier molecular flexibility index (Phi) is 3.40. The van der Waals surface area contributed by atoms with Crippen LogP contribution in [0.5, 0.6) is 0 Å². The van der Waals surface area contributed by atoms with Gasteiger partial charge in [-0.1, -0.05) is 41.9 Å². The first-order valence-corrected chi connectivity index (χ1v) is 7.32. The van der Waals surface area contributed by atoms with Gasteiger partial charge in [0, 0.05) is 0 Å². The van der Waals surface area contributed by atoms with Crippen LogP contribution in [0, 0.1) is 11.7 Å². The molecule has 0 saturated carbocycles. The lowest BCUT2D eigenvalue weighted by atomic mass is 10.0. The second-order valence-electron chi connectivity index (χ2n) is 4.97. The van der Waals surface area contributed by atoms with E-state index in [1.807, 2.05) is 24.3 Å². The number of nitrogens with zero attached hydrogens (tertiary/aromatic N) is 1. The molecule has 0 aliphatic heterocycles. The van der Waals surface area contributed by atoms with Crippen LogP contribution < -0.4 is 0 Å². The quantitative estimate of drug-likeness (QED) is 0.640. The number of fused-ring (bicyclic) bond motifs is 1. The molecule has 4 heteroatoms. The second kappa shape index (κ2) is 5.08. The van der Waals surface area contributed by atoms with E-state index in [0.717, 1.165) is 16.1 Å². The molecule has 1 atom stereocenters. The summed E-state index contributed by atoms with van der Waals surface area (Å²) in [5.41, 5.74) is 4.45. The fourth-order valence-corrected chi connectivity index (χ4v) is 3.33. The standard InChI is InChI=1S/C16H15ClN2S/c1-10-6-3-4-7-12(10)11(2)19-15-13(17)8-5-9-14(15)18-16(19)20/h3-9,11H,1-2H3,(H,18,20). The Hall–Kier alpha value is -1.58. The molecular formula is C16H15ClN2S. The first kappa shape index (κ1) is 13.4. The molecule has 0 spiro atoms. The average Bonchev–Trinajstić information content (AvgIpc) is 2.76. The topological polar surface area (TPSA) is 20.7 Å². The van der Waals surface area contributed by atoms with Crippen molar-refractivity contribution in [3.05, 3.63) is 63.4 Å².